The van der Waals surface area contributed by atoms with E-state index in [4.69, 9.17) is 5.73 Å². The minimum Gasteiger partial charge on any atom is -0.350 e. The molecule has 0 bridgehead atoms. The van der Waals surface area contributed by atoms with Gasteiger partial charge >= 0.3 is 0 Å². The minimum atomic E-state index is -0.304. The molecule has 0 radical (unpaired) electrons. The molecule has 1 atom stereocenters. The first-order valence-electron chi connectivity index (χ1n) is 5.96. The fourth-order valence-electron chi connectivity index (χ4n) is 1.25. The third-order valence-electron chi connectivity index (χ3n) is 2.86. The van der Waals surface area contributed by atoms with Crippen molar-refractivity contribution in [1.29, 1.82) is 0 Å². The van der Waals surface area contributed by atoms with Crippen molar-refractivity contribution in [1.82, 2.24) is 5.32 Å². The Kier molecular flexibility index (Phi) is 6.57. The van der Waals surface area contributed by atoms with Crippen LogP contribution in [0.2, 0.25) is 0 Å². The highest BCUT2D eigenvalue weighted by atomic mass is 16.1. The monoisotopic (exact) mass is 214 g/mol. The van der Waals surface area contributed by atoms with E-state index in [1.54, 1.807) is 0 Å². The normalized spacial score (nSPS) is 13.7. The van der Waals surface area contributed by atoms with E-state index in [-0.39, 0.29) is 17.5 Å². The maximum atomic E-state index is 11.6. The van der Waals surface area contributed by atoms with E-state index in [0.717, 1.165) is 12.8 Å². The first kappa shape index (κ1) is 14.4. The van der Waals surface area contributed by atoms with Gasteiger partial charge in [-0.1, -0.05) is 26.2 Å². The fraction of sp³-hybridized carbons (Fsp3) is 0.917. The number of carbonyl (C=O) groups excluding carboxylic acids is 1. The summed E-state index contributed by atoms with van der Waals surface area (Å²) >= 11 is 0. The second kappa shape index (κ2) is 6.83. The molecular formula is C12H26N2O. The Bertz CT molecular complexity index is 188. The SMILES string of the molecule is CCCCCCC(=O)NC(C)(C)C(C)N. The topological polar surface area (TPSA) is 55.1 Å². The van der Waals surface area contributed by atoms with Crippen molar-refractivity contribution >= 4 is 5.91 Å². The van der Waals surface area contributed by atoms with Crippen LogP contribution in [-0.4, -0.2) is 17.5 Å². The number of amides is 1. The molecular weight excluding hydrogens is 188 g/mol. The van der Waals surface area contributed by atoms with Crippen molar-refractivity contribution in [2.45, 2.75) is 71.4 Å². The van der Waals surface area contributed by atoms with Gasteiger partial charge in [0.1, 0.15) is 0 Å². The third kappa shape index (κ3) is 6.50. The summed E-state index contributed by atoms with van der Waals surface area (Å²) in [4.78, 5) is 11.6. The smallest absolute Gasteiger partial charge is 0.220 e. The van der Waals surface area contributed by atoms with Gasteiger partial charge in [0.2, 0.25) is 5.91 Å². The highest BCUT2D eigenvalue weighted by Crippen LogP contribution is 2.08. The van der Waals surface area contributed by atoms with E-state index in [1.165, 1.54) is 12.8 Å². The van der Waals surface area contributed by atoms with Crippen molar-refractivity contribution < 1.29 is 4.79 Å². The predicted molar refractivity (Wildman–Crippen MR) is 64.6 cm³/mol. The zero-order valence-corrected chi connectivity index (χ0v) is 10.6. The highest BCUT2D eigenvalue weighted by Gasteiger charge is 2.24. The van der Waals surface area contributed by atoms with Crippen molar-refractivity contribution in [3.63, 3.8) is 0 Å². The van der Waals surface area contributed by atoms with Crippen molar-refractivity contribution in [2.24, 2.45) is 5.73 Å². The molecule has 0 rings (SSSR count). The summed E-state index contributed by atoms with van der Waals surface area (Å²) in [6.45, 7) is 8.00. The summed E-state index contributed by atoms with van der Waals surface area (Å²) in [5, 5.41) is 2.97. The van der Waals surface area contributed by atoms with Gasteiger partial charge in [-0.25, -0.2) is 0 Å². The lowest BCUT2D eigenvalue weighted by Crippen LogP contribution is -2.54. The van der Waals surface area contributed by atoms with E-state index < -0.39 is 0 Å². The van der Waals surface area contributed by atoms with Crippen LogP contribution in [0.3, 0.4) is 0 Å². The van der Waals surface area contributed by atoms with E-state index in [1.807, 2.05) is 20.8 Å². The van der Waals surface area contributed by atoms with E-state index in [9.17, 15) is 4.79 Å². The fourth-order valence-corrected chi connectivity index (χ4v) is 1.25. The average molecular weight is 214 g/mol. The van der Waals surface area contributed by atoms with Crippen LogP contribution < -0.4 is 11.1 Å². The molecule has 1 amide bonds. The van der Waals surface area contributed by atoms with Gasteiger partial charge in [-0.3, -0.25) is 4.79 Å². The molecule has 0 aromatic carbocycles. The van der Waals surface area contributed by atoms with Gasteiger partial charge in [-0.05, 0) is 27.2 Å². The second-order valence-corrected chi connectivity index (χ2v) is 4.87. The third-order valence-corrected chi connectivity index (χ3v) is 2.86. The van der Waals surface area contributed by atoms with Crippen LogP contribution in [-0.2, 0) is 4.79 Å². The molecule has 0 fully saturated rings. The van der Waals surface area contributed by atoms with Gasteiger partial charge in [0.05, 0.1) is 0 Å². The molecule has 0 aromatic rings. The van der Waals surface area contributed by atoms with Gasteiger partial charge < -0.3 is 11.1 Å². The van der Waals surface area contributed by atoms with Crippen molar-refractivity contribution in [2.75, 3.05) is 0 Å². The molecule has 0 aromatic heterocycles. The Balaban J connectivity index is 3.74. The van der Waals surface area contributed by atoms with Crippen LogP contribution in [0.5, 0.6) is 0 Å². The van der Waals surface area contributed by atoms with Crippen LogP contribution in [0, 0.1) is 0 Å². The molecule has 90 valence electrons. The largest absolute Gasteiger partial charge is 0.350 e. The molecule has 3 nitrogen and oxygen atoms in total. The van der Waals surface area contributed by atoms with E-state index >= 15 is 0 Å². The Morgan fingerprint density at radius 2 is 1.93 bits per heavy atom. The Morgan fingerprint density at radius 1 is 1.33 bits per heavy atom. The molecule has 0 saturated heterocycles. The maximum absolute atomic E-state index is 11.6. The molecule has 0 spiro atoms. The molecule has 0 aliphatic rings. The molecule has 15 heavy (non-hydrogen) atoms. The van der Waals surface area contributed by atoms with Crippen molar-refractivity contribution in [3.05, 3.63) is 0 Å². The van der Waals surface area contributed by atoms with E-state index in [0.29, 0.717) is 6.42 Å². The van der Waals surface area contributed by atoms with Crippen LogP contribution in [0.1, 0.15) is 59.8 Å². The highest BCUT2D eigenvalue weighted by molar-refractivity contribution is 5.76. The zero-order valence-electron chi connectivity index (χ0n) is 10.6. The van der Waals surface area contributed by atoms with Gasteiger partial charge in [0.15, 0.2) is 0 Å². The second-order valence-electron chi connectivity index (χ2n) is 4.87. The Morgan fingerprint density at radius 3 is 2.40 bits per heavy atom. The van der Waals surface area contributed by atoms with Crippen LogP contribution in [0.4, 0.5) is 0 Å². The van der Waals surface area contributed by atoms with Gasteiger partial charge in [-0.15, -0.1) is 0 Å². The molecule has 0 heterocycles. The maximum Gasteiger partial charge on any atom is 0.220 e. The van der Waals surface area contributed by atoms with E-state index in [2.05, 4.69) is 12.2 Å². The van der Waals surface area contributed by atoms with Crippen LogP contribution >= 0.6 is 0 Å². The van der Waals surface area contributed by atoms with Crippen LogP contribution in [0.15, 0.2) is 0 Å². The molecule has 0 aliphatic carbocycles. The molecule has 3 heteroatoms. The lowest BCUT2D eigenvalue weighted by Gasteiger charge is -2.30. The van der Waals surface area contributed by atoms with Gasteiger partial charge in [0, 0.05) is 18.0 Å². The number of rotatable bonds is 7. The average Bonchev–Trinajstić information content (AvgIpc) is 2.11. The summed E-state index contributed by atoms with van der Waals surface area (Å²) in [5.74, 6) is 0.119. The first-order chi connectivity index (χ1) is 6.90. The summed E-state index contributed by atoms with van der Waals surface area (Å²) in [7, 11) is 0. The quantitative estimate of drug-likeness (QED) is 0.638. The lowest BCUT2D eigenvalue weighted by molar-refractivity contribution is -0.123. The van der Waals surface area contributed by atoms with Gasteiger partial charge in [-0.2, -0.15) is 0 Å². The molecule has 0 saturated carbocycles. The summed E-state index contributed by atoms with van der Waals surface area (Å²) in [6, 6.07) is -0.0305. The zero-order chi connectivity index (χ0) is 11.9. The van der Waals surface area contributed by atoms with Gasteiger partial charge in [0.25, 0.3) is 0 Å². The number of hydrogen-bond acceptors (Lipinski definition) is 2. The standard InChI is InChI=1S/C12H26N2O/c1-5-6-7-8-9-11(15)14-12(3,4)10(2)13/h10H,5-9,13H2,1-4H3,(H,14,15). The number of carbonyl (C=O) groups is 1. The molecule has 1 unspecified atom stereocenters. The first-order valence-corrected chi connectivity index (χ1v) is 5.96. The van der Waals surface area contributed by atoms with Crippen molar-refractivity contribution in [3.8, 4) is 0 Å². The number of nitrogens with two attached hydrogens (primary N) is 1. The Hall–Kier alpha value is -0.570. The van der Waals surface area contributed by atoms with Crippen LogP contribution in [0.25, 0.3) is 0 Å². The Labute approximate surface area is 93.8 Å². The molecule has 3 N–H and O–H groups in total. The number of hydrogen-bond donors (Lipinski definition) is 2. The number of nitrogens with one attached hydrogen (secondary N) is 1. The summed E-state index contributed by atoms with van der Waals surface area (Å²) in [6.07, 6.45) is 5.16. The minimum absolute atomic E-state index is 0.0305. The predicted octanol–water partition coefficient (Wildman–Crippen LogP) is 2.20. The lowest BCUT2D eigenvalue weighted by atomic mass is 9.96. The molecule has 0 aliphatic heterocycles. The number of unbranched alkanes of at least 4 members (excludes halogenated alkanes) is 3. The summed E-state index contributed by atoms with van der Waals surface area (Å²) in [5.41, 5.74) is 5.48. The summed E-state index contributed by atoms with van der Waals surface area (Å²) < 4.78 is 0.